The first-order valence-corrected chi connectivity index (χ1v) is 5.86. The van der Waals surface area contributed by atoms with Crippen molar-refractivity contribution in [1.29, 1.82) is 0 Å². The topological polar surface area (TPSA) is 41.2 Å². The molecule has 1 aliphatic heterocycles. The van der Waals surface area contributed by atoms with Crippen molar-refractivity contribution in [2.75, 3.05) is 26.3 Å². The Morgan fingerprint density at radius 2 is 1.94 bits per heavy atom. The van der Waals surface area contributed by atoms with Crippen LogP contribution in [0, 0.1) is 11.6 Å². The Morgan fingerprint density at radius 1 is 1.22 bits per heavy atom. The van der Waals surface area contributed by atoms with Gasteiger partial charge in [-0.25, -0.2) is 13.8 Å². The highest BCUT2D eigenvalue weighted by Crippen LogP contribution is 2.17. The summed E-state index contributed by atoms with van der Waals surface area (Å²) in [7, 11) is 0. The summed E-state index contributed by atoms with van der Waals surface area (Å²) in [5.74, 6) is -1.01. The summed E-state index contributed by atoms with van der Waals surface area (Å²) >= 11 is 0. The van der Waals surface area contributed by atoms with E-state index in [0.717, 1.165) is 31.0 Å². The Kier molecular flexibility index (Phi) is 2.97. The van der Waals surface area contributed by atoms with Gasteiger partial charge >= 0.3 is 0 Å². The highest BCUT2D eigenvalue weighted by molar-refractivity contribution is 5.75. The maximum atomic E-state index is 13.1. The number of rotatable bonds is 2. The smallest absolute Gasteiger partial charge is 0.161 e. The van der Waals surface area contributed by atoms with Crippen LogP contribution in [0.1, 0.15) is 5.82 Å². The zero-order chi connectivity index (χ0) is 12.5. The van der Waals surface area contributed by atoms with E-state index in [1.54, 1.807) is 0 Å². The molecule has 1 aromatic heterocycles. The van der Waals surface area contributed by atoms with Gasteiger partial charge in [-0.1, -0.05) is 0 Å². The fourth-order valence-electron chi connectivity index (χ4n) is 2.10. The van der Waals surface area contributed by atoms with Crippen molar-refractivity contribution >= 4 is 11.0 Å². The Bertz CT molecular complexity index is 525. The van der Waals surface area contributed by atoms with E-state index < -0.39 is 11.6 Å². The zero-order valence-corrected chi connectivity index (χ0v) is 9.75. The number of hydrogen-bond donors (Lipinski definition) is 1. The lowest BCUT2D eigenvalue weighted by atomic mass is 10.3. The molecule has 1 fully saturated rings. The Morgan fingerprint density at radius 3 is 2.72 bits per heavy atom. The second-order valence-corrected chi connectivity index (χ2v) is 4.36. The number of benzene rings is 1. The lowest BCUT2D eigenvalue weighted by Crippen LogP contribution is -2.35. The molecule has 0 radical (unpaired) electrons. The molecule has 3 rings (SSSR count). The van der Waals surface area contributed by atoms with E-state index >= 15 is 0 Å². The van der Waals surface area contributed by atoms with E-state index in [1.165, 1.54) is 0 Å². The molecule has 2 aromatic rings. The summed E-state index contributed by atoms with van der Waals surface area (Å²) in [4.78, 5) is 9.46. The molecule has 96 valence electrons. The molecule has 0 saturated carbocycles. The molecule has 6 heteroatoms. The maximum Gasteiger partial charge on any atom is 0.161 e. The third-order valence-electron chi connectivity index (χ3n) is 3.05. The van der Waals surface area contributed by atoms with Crippen molar-refractivity contribution in [2.45, 2.75) is 6.54 Å². The summed E-state index contributed by atoms with van der Waals surface area (Å²) in [5, 5.41) is 0. The number of hydrogen-bond acceptors (Lipinski definition) is 3. The molecule has 1 aromatic carbocycles. The van der Waals surface area contributed by atoms with Crippen LogP contribution in [0.2, 0.25) is 0 Å². The highest BCUT2D eigenvalue weighted by atomic mass is 19.2. The number of aromatic amines is 1. The molecule has 0 unspecified atom stereocenters. The van der Waals surface area contributed by atoms with Crippen molar-refractivity contribution in [2.24, 2.45) is 0 Å². The van der Waals surface area contributed by atoms with Gasteiger partial charge in [-0.15, -0.1) is 0 Å². The molecule has 0 aliphatic carbocycles. The van der Waals surface area contributed by atoms with E-state index in [4.69, 9.17) is 4.74 Å². The van der Waals surface area contributed by atoms with Crippen molar-refractivity contribution in [3.05, 3.63) is 29.6 Å². The average Bonchev–Trinajstić information content (AvgIpc) is 2.72. The molecule has 0 amide bonds. The minimum absolute atomic E-state index is 0.456. The van der Waals surface area contributed by atoms with Gasteiger partial charge < -0.3 is 9.72 Å². The first-order valence-electron chi connectivity index (χ1n) is 5.86. The average molecular weight is 253 g/mol. The predicted octanol–water partition coefficient (Wildman–Crippen LogP) is 1.67. The van der Waals surface area contributed by atoms with E-state index in [0.29, 0.717) is 30.8 Å². The number of nitrogens with zero attached hydrogens (tertiary/aromatic N) is 2. The lowest BCUT2D eigenvalue weighted by Gasteiger charge is -2.25. The number of nitrogens with one attached hydrogen (secondary N) is 1. The largest absolute Gasteiger partial charge is 0.379 e. The van der Waals surface area contributed by atoms with Crippen molar-refractivity contribution in [3.8, 4) is 0 Å². The van der Waals surface area contributed by atoms with Gasteiger partial charge in [0.1, 0.15) is 5.82 Å². The first-order chi connectivity index (χ1) is 8.72. The minimum Gasteiger partial charge on any atom is -0.379 e. The molecule has 0 bridgehead atoms. The van der Waals surface area contributed by atoms with Gasteiger partial charge in [-0.3, -0.25) is 4.90 Å². The van der Waals surface area contributed by atoms with E-state index in [9.17, 15) is 8.78 Å². The fraction of sp³-hybridized carbons (Fsp3) is 0.417. The fourth-order valence-corrected chi connectivity index (χ4v) is 2.10. The van der Waals surface area contributed by atoms with Gasteiger partial charge in [0.2, 0.25) is 0 Å². The molecule has 1 N–H and O–H groups in total. The molecule has 1 aliphatic rings. The Labute approximate surface area is 103 Å². The monoisotopic (exact) mass is 253 g/mol. The van der Waals surface area contributed by atoms with Crippen LogP contribution in [-0.4, -0.2) is 41.2 Å². The summed E-state index contributed by atoms with van der Waals surface area (Å²) in [6.07, 6.45) is 0. The molecule has 4 nitrogen and oxygen atoms in total. The third-order valence-corrected chi connectivity index (χ3v) is 3.05. The maximum absolute atomic E-state index is 13.1. The molecule has 1 saturated heterocycles. The number of ether oxygens (including phenoxy) is 1. The van der Waals surface area contributed by atoms with Gasteiger partial charge in [0, 0.05) is 25.2 Å². The molecule has 2 heterocycles. The molecular formula is C12H13F2N3O. The first kappa shape index (κ1) is 11.6. The van der Waals surface area contributed by atoms with Crippen molar-refractivity contribution in [3.63, 3.8) is 0 Å². The minimum atomic E-state index is -0.869. The summed E-state index contributed by atoms with van der Waals surface area (Å²) in [6, 6.07) is 2.25. The number of H-pyrrole nitrogens is 1. The standard InChI is InChI=1S/C12H13F2N3O/c13-8-5-10-11(6-9(8)14)16-12(15-10)7-17-1-3-18-4-2-17/h5-6H,1-4,7H2,(H,15,16). The van der Waals surface area contributed by atoms with Crippen molar-refractivity contribution in [1.82, 2.24) is 14.9 Å². The van der Waals surface area contributed by atoms with Crippen LogP contribution in [0.4, 0.5) is 8.78 Å². The van der Waals surface area contributed by atoms with Gasteiger partial charge in [0.05, 0.1) is 30.8 Å². The van der Waals surface area contributed by atoms with E-state index in [1.807, 2.05) is 0 Å². The van der Waals surface area contributed by atoms with Gasteiger partial charge in [-0.2, -0.15) is 0 Å². The Balaban J connectivity index is 1.84. The highest BCUT2D eigenvalue weighted by Gasteiger charge is 2.14. The second-order valence-electron chi connectivity index (χ2n) is 4.36. The quantitative estimate of drug-likeness (QED) is 0.885. The lowest BCUT2D eigenvalue weighted by molar-refractivity contribution is 0.0332. The van der Waals surface area contributed by atoms with Crippen LogP contribution in [0.15, 0.2) is 12.1 Å². The number of morpholine rings is 1. The molecule has 0 atom stereocenters. The number of imidazole rings is 1. The number of halogens is 2. The predicted molar refractivity (Wildman–Crippen MR) is 62.1 cm³/mol. The van der Waals surface area contributed by atoms with Crippen LogP contribution in [0.25, 0.3) is 11.0 Å². The van der Waals surface area contributed by atoms with Crippen LogP contribution < -0.4 is 0 Å². The third kappa shape index (κ3) is 2.21. The summed E-state index contributed by atoms with van der Waals surface area (Å²) in [6.45, 7) is 3.76. The second kappa shape index (κ2) is 4.62. The Hall–Kier alpha value is -1.53. The van der Waals surface area contributed by atoms with Gasteiger partial charge in [0.15, 0.2) is 11.6 Å². The number of aromatic nitrogens is 2. The SMILES string of the molecule is Fc1cc2nc(CN3CCOCC3)[nH]c2cc1F. The van der Waals surface area contributed by atoms with E-state index in [-0.39, 0.29) is 0 Å². The number of fused-ring (bicyclic) bond motifs is 1. The van der Waals surface area contributed by atoms with Crippen LogP contribution in [0.3, 0.4) is 0 Å². The van der Waals surface area contributed by atoms with Gasteiger partial charge in [0.25, 0.3) is 0 Å². The molecule has 0 spiro atoms. The molecule has 18 heavy (non-hydrogen) atoms. The molecular weight excluding hydrogens is 240 g/mol. The normalized spacial score (nSPS) is 17.4. The van der Waals surface area contributed by atoms with Crippen LogP contribution >= 0.6 is 0 Å². The summed E-state index contributed by atoms with van der Waals surface area (Å²) in [5.41, 5.74) is 0.981. The van der Waals surface area contributed by atoms with Crippen LogP contribution in [-0.2, 0) is 11.3 Å². The summed E-state index contributed by atoms with van der Waals surface area (Å²) < 4.78 is 31.4. The van der Waals surface area contributed by atoms with Crippen molar-refractivity contribution < 1.29 is 13.5 Å². The van der Waals surface area contributed by atoms with E-state index in [2.05, 4.69) is 14.9 Å². The van der Waals surface area contributed by atoms with Crippen LogP contribution in [0.5, 0.6) is 0 Å². The zero-order valence-electron chi connectivity index (χ0n) is 9.75. The van der Waals surface area contributed by atoms with Gasteiger partial charge in [-0.05, 0) is 0 Å².